The van der Waals surface area contributed by atoms with Crippen molar-refractivity contribution in [2.75, 3.05) is 23.8 Å². The number of allylic oxidation sites excluding steroid dienone is 3. The number of nitrogens with one attached hydrogen (secondary N) is 1. The predicted molar refractivity (Wildman–Crippen MR) is 98.0 cm³/mol. The zero-order chi connectivity index (χ0) is 15.6. The second-order valence-electron chi connectivity index (χ2n) is 5.07. The lowest BCUT2D eigenvalue weighted by Gasteiger charge is -2.22. The van der Waals surface area contributed by atoms with Crippen LogP contribution in [-0.4, -0.2) is 13.6 Å². The third-order valence-electron chi connectivity index (χ3n) is 3.49. The summed E-state index contributed by atoms with van der Waals surface area (Å²) in [5.41, 5.74) is 3.50. The van der Waals surface area contributed by atoms with Crippen LogP contribution in [0.3, 0.4) is 0 Å². The van der Waals surface area contributed by atoms with E-state index < -0.39 is 0 Å². The third-order valence-corrected chi connectivity index (χ3v) is 3.49. The average molecular weight is 292 g/mol. The molecule has 0 bridgehead atoms. The van der Waals surface area contributed by atoms with E-state index in [1.54, 1.807) is 0 Å². The number of anilines is 3. The molecular weight excluding hydrogens is 268 g/mol. The Morgan fingerprint density at radius 3 is 2.41 bits per heavy atom. The maximum Gasteiger partial charge on any atom is 0.0643 e. The highest BCUT2D eigenvalue weighted by Crippen LogP contribution is 2.30. The van der Waals surface area contributed by atoms with Crippen molar-refractivity contribution in [3.8, 4) is 0 Å². The van der Waals surface area contributed by atoms with Crippen molar-refractivity contribution < 1.29 is 0 Å². The molecule has 0 fully saturated rings. The Labute approximate surface area is 133 Å². The van der Waals surface area contributed by atoms with E-state index in [0.717, 1.165) is 18.7 Å². The van der Waals surface area contributed by atoms with E-state index in [1.807, 2.05) is 13.0 Å². The fourth-order valence-corrected chi connectivity index (χ4v) is 2.27. The topological polar surface area (TPSA) is 15.3 Å². The first-order valence-electron chi connectivity index (χ1n) is 7.70. The summed E-state index contributed by atoms with van der Waals surface area (Å²) < 4.78 is 0. The van der Waals surface area contributed by atoms with E-state index in [4.69, 9.17) is 0 Å². The molecule has 2 rings (SSSR count). The van der Waals surface area contributed by atoms with Crippen LogP contribution in [0, 0.1) is 0 Å². The minimum atomic E-state index is 0.831. The van der Waals surface area contributed by atoms with Gasteiger partial charge in [0.15, 0.2) is 0 Å². The molecule has 0 saturated carbocycles. The molecule has 1 N–H and O–H groups in total. The monoisotopic (exact) mass is 292 g/mol. The van der Waals surface area contributed by atoms with E-state index in [1.165, 1.54) is 11.4 Å². The molecule has 2 aromatic carbocycles. The molecule has 114 valence electrons. The van der Waals surface area contributed by atoms with Crippen molar-refractivity contribution in [2.45, 2.75) is 13.3 Å². The second-order valence-corrected chi connectivity index (χ2v) is 5.07. The number of hydrogen-bond donors (Lipinski definition) is 1. The van der Waals surface area contributed by atoms with Crippen molar-refractivity contribution in [1.82, 2.24) is 0 Å². The Kier molecular flexibility index (Phi) is 6.31. The number of hydrogen-bond acceptors (Lipinski definition) is 2. The van der Waals surface area contributed by atoms with Crippen LogP contribution in [0.15, 0.2) is 78.9 Å². The molecule has 0 aliphatic carbocycles. The van der Waals surface area contributed by atoms with Gasteiger partial charge in [-0.3, -0.25) is 0 Å². The van der Waals surface area contributed by atoms with Gasteiger partial charge in [-0.25, -0.2) is 0 Å². The van der Waals surface area contributed by atoms with Gasteiger partial charge in [-0.05, 0) is 37.6 Å². The van der Waals surface area contributed by atoms with E-state index in [9.17, 15) is 0 Å². The normalized spacial score (nSPS) is 11.2. The zero-order valence-electron chi connectivity index (χ0n) is 13.4. The first-order chi connectivity index (χ1) is 10.8. The molecule has 2 heteroatoms. The van der Waals surface area contributed by atoms with Crippen LogP contribution in [-0.2, 0) is 0 Å². The lowest BCUT2D eigenvalue weighted by atomic mass is 10.2. The maximum atomic E-state index is 3.49. The summed E-state index contributed by atoms with van der Waals surface area (Å²) in [5, 5.41) is 3.49. The molecule has 2 nitrogen and oxygen atoms in total. The van der Waals surface area contributed by atoms with Crippen LogP contribution >= 0.6 is 0 Å². The highest BCUT2D eigenvalue weighted by molar-refractivity contribution is 5.76. The molecule has 0 spiro atoms. The number of para-hydroxylation sites is 3. The standard InChI is InChI=1S/C20H24N2/c1-3-4-5-6-12-17-21-19-15-10-11-16-20(19)22(2)18-13-8-7-9-14-18/h3-4,6-16,21H,5,17H2,1-2H3/b4-3-,12-6-. The molecule has 0 atom stereocenters. The minimum Gasteiger partial charge on any atom is -0.380 e. The number of benzene rings is 2. The summed E-state index contributed by atoms with van der Waals surface area (Å²) in [5.74, 6) is 0. The van der Waals surface area contributed by atoms with Gasteiger partial charge in [-0.2, -0.15) is 0 Å². The largest absolute Gasteiger partial charge is 0.380 e. The molecular formula is C20H24N2. The fourth-order valence-electron chi connectivity index (χ4n) is 2.27. The lowest BCUT2D eigenvalue weighted by molar-refractivity contribution is 1.19. The van der Waals surface area contributed by atoms with Gasteiger partial charge in [0, 0.05) is 19.3 Å². The van der Waals surface area contributed by atoms with E-state index in [0.29, 0.717) is 0 Å². The SMILES string of the molecule is C/C=C\C/C=C\CNc1ccccc1N(C)c1ccccc1. The van der Waals surface area contributed by atoms with Gasteiger partial charge in [-0.1, -0.05) is 54.6 Å². The predicted octanol–water partition coefficient (Wildman–Crippen LogP) is 5.39. The van der Waals surface area contributed by atoms with Crippen LogP contribution in [0.1, 0.15) is 13.3 Å². The van der Waals surface area contributed by atoms with Crippen LogP contribution in [0.2, 0.25) is 0 Å². The zero-order valence-corrected chi connectivity index (χ0v) is 13.4. The van der Waals surface area contributed by atoms with Gasteiger partial charge in [0.2, 0.25) is 0 Å². The summed E-state index contributed by atoms with van der Waals surface area (Å²) in [6.45, 7) is 2.87. The molecule has 0 radical (unpaired) electrons. The van der Waals surface area contributed by atoms with Crippen molar-refractivity contribution >= 4 is 17.1 Å². The van der Waals surface area contributed by atoms with Crippen LogP contribution < -0.4 is 10.2 Å². The smallest absolute Gasteiger partial charge is 0.0643 e. The molecule has 0 unspecified atom stereocenters. The third kappa shape index (κ3) is 4.52. The molecule has 22 heavy (non-hydrogen) atoms. The Hall–Kier alpha value is -2.48. The Bertz CT molecular complexity index is 615. The summed E-state index contributed by atoms with van der Waals surface area (Å²) >= 11 is 0. The highest BCUT2D eigenvalue weighted by Gasteiger charge is 2.07. The van der Waals surface area contributed by atoms with Crippen molar-refractivity contribution in [3.63, 3.8) is 0 Å². The first kappa shape index (κ1) is 15.9. The summed E-state index contributed by atoms with van der Waals surface area (Å²) in [6.07, 6.45) is 9.55. The van der Waals surface area contributed by atoms with E-state index in [-0.39, 0.29) is 0 Å². The Morgan fingerprint density at radius 2 is 1.64 bits per heavy atom. The van der Waals surface area contributed by atoms with E-state index in [2.05, 4.69) is 90.1 Å². The molecule has 0 aromatic heterocycles. The van der Waals surface area contributed by atoms with Gasteiger partial charge in [0.05, 0.1) is 11.4 Å². The minimum absolute atomic E-state index is 0.831. The van der Waals surface area contributed by atoms with Crippen molar-refractivity contribution in [3.05, 3.63) is 78.9 Å². The number of nitrogens with zero attached hydrogens (tertiary/aromatic N) is 1. The second kappa shape index (κ2) is 8.73. The van der Waals surface area contributed by atoms with Crippen molar-refractivity contribution in [1.29, 1.82) is 0 Å². The van der Waals surface area contributed by atoms with Crippen LogP contribution in [0.25, 0.3) is 0 Å². The maximum absolute atomic E-state index is 3.49. The fraction of sp³-hybridized carbons (Fsp3) is 0.200. The summed E-state index contributed by atoms with van der Waals surface area (Å²) in [4.78, 5) is 2.20. The van der Waals surface area contributed by atoms with Gasteiger partial charge < -0.3 is 10.2 Å². The van der Waals surface area contributed by atoms with Gasteiger partial charge in [0.1, 0.15) is 0 Å². The lowest BCUT2D eigenvalue weighted by Crippen LogP contribution is -2.12. The van der Waals surface area contributed by atoms with E-state index >= 15 is 0 Å². The van der Waals surface area contributed by atoms with Crippen LogP contribution in [0.4, 0.5) is 17.1 Å². The Morgan fingerprint density at radius 1 is 0.909 bits per heavy atom. The average Bonchev–Trinajstić information content (AvgIpc) is 2.58. The van der Waals surface area contributed by atoms with Gasteiger partial charge in [-0.15, -0.1) is 0 Å². The number of rotatable bonds is 7. The molecule has 2 aromatic rings. The van der Waals surface area contributed by atoms with Crippen LogP contribution in [0.5, 0.6) is 0 Å². The van der Waals surface area contributed by atoms with Crippen molar-refractivity contribution in [2.24, 2.45) is 0 Å². The van der Waals surface area contributed by atoms with Gasteiger partial charge in [0.25, 0.3) is 0 Å². The quantitative estimate of drug-likeness (QED) is 0.688. The summed E-state index contributed by atoms with van der Waals surface area (Å²) in [6, 6.07) is 18.8. The molecule has 0 saturated heterocycles. The molecule has 0 aliphatic heterocycles. The molecule has 0 aliphatic rings. The Balaban J connectivity index is 2.05. The summed E-state index contributed by atoms with van der Waals surface area (Å²) in [7, 11) is 2.09. The first-order valence-corrected chi connectivity index (χ1v) is 7.70. The highest BCUT2D eigenvalue weighted by atomic mass is 15.1. The molecule has 0 heterocycles. The van der Waals surface area contributed by atoms with Gasteiger partial charge >= 0.3 is 0 Å². The molecule has 0 amide bonds.